The van der Waals surface area contributed by atoms with Gasteiger partial charge in [-0.05, 0) is 18.9 Å². The minimum atomic E-state index is -4.47. The standard InChI is InChI=1S/C14H18F3N3O3/c15-14(16,17)12-6-10(18-19-12)9-2-1-3-20(7-9)13(21)11-8-22-4-5-23-11/h6,9,11H,1-5,7-8H2,(H,18,19)/t9-,11+/m1/s1. The van der Waals surface area contributed by atoms with Gasteiger partial charge in [0.05, 0.1) is 19.8 Å². The molecule has 2 aliphatic rings. The lowest BCUT2D eigenvalue weighted by atomic mass is 9.94. The summed E-state index contributed by atoms with van der Waals surface area (Å²) in [6.07, 6.45) is -3.64. The van der Waals surface area contributed by atoms with Crippen LogP contribution in [0.15, 0.2) is 6.07 Å². The Bertz CT molecular complexity index is 555. The number of rotatable bonds is 2. The number of carbonyl (C=O) groups excluding carboxylic acids is 1. The summed E-state index contributed by atoms with van der Waals surface area (Å²) in [5, 5.41) is 5.78. The molecule has 2 atom stereocenters. The number of H-pyrrole nitrogens is 1. The Morgan fingerprint density at radius 3 is 2.87 bits per heavy atom. The van der Waals surface area contributed by atoms with Gasteiger partial charge >= 0.3 is 6.18 Å². The van der Waals surface area contributed by atoms with Crippen LogP contribution < -0.4 is 0 Å². The largest absolute Gasteiger partial charge is 0.435 e. The number of likely N-dealkylation sites (tertiary alicyclic amines) is 1. The molecule has 0 saturated carbocycles. The van der Waals surface area contributed by atoms with E-state index in [0.717, 1.165) is 12.5 Å². The zero-order chi connectivity index (χ0) is 16.4. The maximum Gasteiger partial charge on any atom is 0.435 e. The maximum atomic E-state index is 12.6. The second-order valence-corrected chi connectivity index (χ2v) is 5.76. The van der Waals surface area contributed by atoms with E-state index >= 15 is 0 Å². The topological polar surface area (TPSA) is 67.5 Å². The molecule has 6 nitrogen and oxygen atoms in total. The molecule has 0 bridgehead atoms. The molecule has 3 rings (SSSR count). The van der Waals surface area contributed by atoms with Crippen LogP contribution in [0, 0.1) is 0 Å². The summed E-state index contributed by atoms with van der Waals surface area (Å²) in [7, 11) is 0. The Kier molecular flexibility index (Phi) is 4.58. The highest BCUT2D eigenvalue weighted by Gasteiger charge is 2.36. The Morgan fingerprint density at radius 2 is 2.22 bits per heavy atom. The highest BCUT2D eigenvalue weighted by atomic mass is 19.4. The lowest BCUT2D eigenvalue weighted by Crippen LogP contribution is -2.48. The molecule has 1 aromatic heterocycles. The van der Waals surface area contributed by atoms with Crippen LogP contribution in [-0.4, -0.2) is 60.0 Å². The van der Waals surface area contributed by atoms with E-state index in [9.17, 15) is 18.0 Å². The van der Waals surface area contributed by atoms with Crippen molar-refractivity contribution in [2.45, 2.75) is 31.0 Å². The van der Waals surface area contributed by atoms with Gasteiger partial charge in [-0.2, -0.15) is 18.3 Å². The van der Waals surface area contributed by atoms with Crippen molar-refractivity contribution >= 4 is 5.91 Å². The Hall–Kier alpha value is -1.61. The molecule has 128 valence electrons. The fourth-order valence-electron chi connectivity index (χ4n) is 2.96. The molecule has 2 aliphatic heterocycles. The molecule has 0 radical (unpaired) electrons. The number of piperidine rings is 1. The lowest BCUT2D eigenvalue weighted by molar-refractivity contribution is -0.159. The van der Waals surface area contributed by atoms with Gasteiger partial charge in [0.25, 0.3) is 5.91 Å². The molecule has 2 saturated heterocycles. The van der Waals surface area contributed by atoms with Crippen molar-refractivity contribution in [3.05, 3.63) is 17.5 Å². The van der Waals surface area contributed by atoms with Gasteiger partial charge in [0.15, 0.2) is 11.8 Å². The monoisotopic (exact) mass is 333 g/mol. The third-order valence-electron chi connectivity index (χ3n) is 4.15. The average molecular weight is 333 g/mol. The zero-order valence-electron chi connectivity index (χ0n) is 12.4. The van der Waals surface area contributed by atoms with E-state index in [2.05, 4.69) is 10.2 Å². The minimum Gasteiger partial charge on any atom is -0.376 e. The number of hydrogen-bond acceptors (Lipinski definition) is 4. The molecule has 0 aliphatic carbocycles. The van der Waals surface area contributed by atoms with Gasteiger partial charge in [0, 0.05) is 24.7 Å². The number of aromatic nitrogens is 2. The number of alkyl halides is 3. The van der Waals surface area contributed by atoms with Gasteiger partial charge in [0.1, 0.15) is 0 Å². The lowest BCUT2D eigenvalue weighted by Gasteiger charge is -2.35. The van der Waals surface area contributed by atoms with E-state index in [1.165, 1.54) is 0 Å². The molecule has 23 heavy (non-hydrogen) atoms. The van der Waals surface area contributed by atoms with E-state index in [0.29, 0.717) is 38.4 Å². The van der Waals surface area contributed by atoms with Crippen LogP contribution in [0.2, 0.25) is 0 Å². The highest BCUT2D eigenvalue weighted by Crippen LogP contribution is 2.32. The normalized spacial score (nSPS) is 26.3. The third kappa shape index (κ3) is 3.66. The summed E-state index contributed by atoms with van der Waals surface area (Å²) >= 11 is 0. The number of ether oxygens (including phenoxy) is 2. The zero-order valence-corrected chi connectivity index (χ0v) is 12.4. The van der Waals surface area contributed by atoms with Crippen LogP contribution >= 0.6 is 0 Å². The number of aromatic amines is 1. The van der Waals surface area contributed by atoms with Crippen LogP contribution in [-0.2, 0) is 20.4 Å². The Labute approximate surface area is 130 Å². The van der Waals surface area contributed by atoms with Gasteiger partial charge < -0.3 is 14.4 Å². The number of nitrogens with zero attached hydrogens (tertiary/aromatic N) is 2. The summed E-state index contributed by atoms with van der Waals surface area (Å²) in [6.45, 7) is 2.01. The van der Waals surface area contributed by atoms with E-state index in [1.54, 1.807) is 4.90 Å². The van der Waals surface area contributed by atoms with E-state index < -0.39 is 18.0 Å². The quantitative estimate of drug-likeness (QED) is 0.892. The van der Waals surface area contributed by atoms with Gasteiger partial charge in [-0.15, -0.1) is 0 Å². The molecule has 0 spiro atoms. The summed E-state index contributed by atoms with van der Waals surface area (Å²) in [5.74, 6) is -0.342. The van der Waals surface area contributed by atoms with Crippen molar-refractivity contribution in [1.29, 1.82) is 0 Å². The first-order valence-corrected chi connectivity index (χ1v) is 7.56. The molecule has 0 aromatic carbocycles. The molecule has 1 amide bonds. The van der Waals surface area contributed by atoms with Gasteiger partial charge in [0.2, 0.25) is 0 Å². The molecule has 0 unspecified atom stereocenters. The van der Waals surface area contributed by atoms with E-state index in [-0.39, 0.29) is 18.4 Å². The Balaban J connectivity index is 1.66. The number of carbonyl (C=O) groups is 1. The van der Waals surface area contributed by atoms with Crippen molar-refractivity contribution in [1.82, 2.24) is 15.1 Å². The fourth-order valence-corrected chi connectivity index (χ4v) is 2.96. The van der Waals surface area contributed by atoms with Crippen molar-refractivity contribution in [3.8, 4) is 0 Å². The van der Waals surface area contributed by atoms with Crippen LogP contribution in [0.5, 0.6) is 0 Å². The number of hydrogen-bond donors (Lipinski definition) is 1. The summed E-state index contributed by atoms with van der Waals surface area (Å²) in [6, 6.07) is 1.03. The first kappa shape index (κ1) is 16.3. The second-order valence-electron chi connectivity index (χ2n) is 5.76. The van der Waals surface area contributed by atoms with Crippen LogP contribution in [0.25, 0.3) is 0 Å². The van der Waals surface area contributed by atoms with Crippen molar-refractivity contribution in [2.75, 3.05) is 32.9 Å². The average Bonchev–Trinajstić information content (AvgIpc) is 3.05. The number of nitrogens with one attached hydrogen (secondary N) is 1. The molecule has 3 heterocycles. The third-order valence-corrected chi connectivity index (χ3v) is 4.15. The highest BCUT2D eigenvalue weighted by molar-refractivity contribution is 5.81. The summed E-state index contributed by atoms with van der Waals surface area (Å²) in [5.41, 5.74) is -0.518. The van der Waals surface area contributed by atoms with Crippen molar-refractivity contribution < 1.29 is 27.4 Å². The number of amides is 1. The van der Waals surface area contributed by atoms with Crippen LogP contribution in [0.3, 0.4) is 0 Å². The predicted molar refractivity (Wildman–Crippen MR) is 72.7 cm³/mol. The van der Waals surface area contributed by atoms with Crippen LogP contribution in [0.1, 0.15) is 30.1 Å². The summed E-state index contributed by atoms with van der Waals surface area (Å²) < 4.78 is 48.5. The maximum absolute atomic E-state index is 12.6. The van der Waals surface area contributed by atoms with Crippen LogP contribution in [0.4, 0.5) is 13.2 Å². The molecule has 1 N–H and O–H groups in total. The number of halogens is 3. The van der Waals surface area contributed by atoms with Gasteiger partial charge in [-0.3, -0.25) is 9.89 Å². The van der Waals surface area contributed by atoms with Crippen molar-refractivity contribution in [2.24, 2.45) is 0 Å². The van der Waals surface area contributed by atoms with Gasteiger partial charge in [-0.1, -0.05) is 0 Å². The fraction of sp³-hybridized carbons (Fsp3) is 0.714. The van der Waals surface area contributed by atoms with E-state index in [4.69, 9.17) is 9.47 Å². The first-order chi connectivity index (χ1) is 10.9. The molecule has 9 heteroatoms. The smallest absolute Gasteiger partial charge is 0.376 e. The van der Waals surface area contributed by atoms with E-state index in [1.807, 2.05) is 0 Å². The molecular formula is C14H18F3N3O3. The SMILES string of the molecule is O=C([C@@H]1COCCO1)N1CCC[C@@H](c2cc(C(F)(F)F)n[nH]2)C1. The van der Waals surface area contributed by atoms with Gasteiger partial charge in [-0.25, -0.2) is 0 Å². The molecule has 1 aromatic rings. The Morgan fingerprint density at radius 1 is 1.39 bits per heavy atom. The second kappa shape index (κ2) is 6.48. The molecular weight excluding hydrogens is 315 g/mol. The molecule has 2 fully saturated rings. The minimum absolute atomic E-state index is 0.162. The van der Waals surface area contributed by atoms with Crippen molar-refractivity contribution in [3.63, 3.8) is 0 Å². The first-order valence-electron chi connectivity index (χ1n) is 7.56. The predicted octanol–water partition coefficient (Wildman–Crippen LogP) is 1.55. The summed E-state index contributed by atoms with van der Waals surface area (Å²) in [4.78, 5) is 14.1.